The molecule has 0 saturated carbocycles. The lowest BCUT2D eigenvalue weighted by Crippen LogP contribution is -2.12. The molecular formula is C17H17N3O3S. The largest absolute Gasteiger partial charge is 0.508 e. The number of aromatic nitrogens is 2. The zero-order chi connectivity index (χ0) is 17.3. The average molecular weight is 343 g/mol. The van der Waals surface area contributed by atoms with Crippen LogP contribution >= 0.6 is 0 Å². The zero-order valence-electron chi connectivity index (χ0n) is 13.0. The molecule has 3 rings (SSSR count). The van der Waals surface area contributed by atoms with Gasteiger partial charge in [-0.25, -0.2) is 18.2 Å². The first kappa shape index (κ1) is 16.2. The minimum Gasteiger partial charge on any atom is -0.508 e. The highest BCUT2D eigenvalue weighted by atomic mass is 32.2. The smallest absolute Gasteiger partial charge is 0.238 e. The van der Waals surface area contributed by atoms with Crippen LogP contribution in [0, 0.1) is 0 Å². The fraction of sp³-hybridized carbons (Fsp3) is 0.118. The highest BCUT2D eigenvalue weighted by Gasteiger charge is 2.13. The highest BCUT2D eigenvalue weighted by Crippen LogP contribution is 2.26. The molecule has 0 amide bonds. The van der Waals surface area contributed by atoms with Gasteiger partial charge < -0.3 is 5.11 Å². The molecule has 6 nitrogen and oxygen atoms in total. The van der Waals surface area contributed by atoms with E-state index in [0.717, 1.165) is 29.1 Å². The summed E-state index contributed by atoms with van der Waals surface area (Å²) >= 11 is 0. The Morgan fingerprint density at radius 3 is 2.25 bits per heavy atom. The van der Waals surface area contributed by atoms with Crippen LogP contribution in [-0.4, -0.2) is 23.3 Å². The molecule has 2 aromatic carbocycles. The third-order valence-electron chi connectivity index (χ3n) is 3.70. The number of nitrogens with zero attached hydrogens (tertiary/aromatic N) is 2. The molecule has 0 saturated heterocycles. The maximum atomic E-state index is 11.4. The summed E-state index contributed by atoms with van der Waals surface area (Å²) in [5.74, 6) is 0.193. The number of phenols is 1. The molecule has 0 unspecified atom stereocenters. The van der Waals surface area contributed by atoms with E-state index in [0.29, 0.717) is 0 Å². The predicted octanol–water partition coefficient (Wildman–Crippen LogP) is 2.45. The van der Waals surface area contributed by atoms with Gasteiger partial charge in [0.05, 0.1) is 22.0 Å². The summed E-state index contributed by atoms with van der Waals surface area (Å²) in [6, 6.07) is 15.1. The summed E-state index contributed by atoms with van der Waals surface area (Å²) in [4.78, 5) is 0.0558. The van der Waals surface area contributed by atoms with Gasteiger partial charge in [0.25, 0.3) is 0 Å². The molecular weight excluding hydrogens is 326 g/mol. The number of aromatic hydroxyl groups is 1. The van der Waals surface area contributed by atoms with Gasteiger partial charge in [0.15, 0.2) is 0 Å². The van der Waals surface area contributed by atoms with Gasteiger partial charge in [-0.05, 0) is 61.0 Å². The van der Waals surface area contributed by atoms with E-state index in [1.165, 1.54) is 12.1 Å². The summed E-state index contributed by atoms with van der Waals surface area (Å²) in [6.07, 6.45) is 0.771. The molecule has 0 bridgehead atoms. The number of phenolic OH excluding ortho intramolecular Hbond substituents is 1. The molecule has 0 aliphatic heterocycles. The quantitative estimate of drug-likeness (QED) is 0.760. The molecule has 1 heterocycles. The molecule has 1 aromatic heterocycles. The summed E-state index contributed by atoms with van der Waals surface area (Å²) in [5, 5.41) is 19.2. The number of primary sulfonamides is 1. The van der Waals surface area contributed by atoms with Crippen molar-refractivity contribution in [1.29, 1.82) is 0 Å². The Bertz CT molecular complexity index is 959. The molecule has 0 radical (unpaired) electrons. The lowest BCUT2D eigenvalue weighted by molar-refractivity contribution is 0.475. The van der Waals surface area contributed by atoms with Crippen molar-refractivity contribution in [3.8, 4) is 22.7 Å². The molecule has 24 heavy (non-hydrogen) atoms. The average Bonchev–Trinajstić information content (AvgIpc) is 2.99. The topological polar surface area (TPSA) is 98.2 Å². The van der Waals surface area contributed by atoms with Crippen molar-refractivity contribution in [2.75, 3.05) is 0 Å². The first-order valence-electron chi connectivity index (χ1n) is 7.40. The first-order chi connectivity index (χ1) is 11.4. The number of hydrogen-bond donors (Lipinski definition) is 2. The number of aryl methyl sites for hydroxylation is 1. The van der Waals surface area contributed by atoms with Crippen LogP contribution in [-0.2, 0) is 16.4 Å². The Labute approximate surface area is 140 Å². The summed E-state index contributed by atoms with van der Waals surface area (Å²) in [5.41, 5.74) is 3.39. The van der Waals surface area contributed by atoms with Gasteiger partial charge in [-0.2, -0.15) is 5.10 Å². The summed E-state index contributed by atoms with van der Waals surface area (Å²) in [6.45, 7) is 2.01. The SMILES string of the molecule is CCc1cc(-c2ccc(O)cc2)n(-c2ccc(S(N)(=O)=O)cc2)n1. The lowest BCUT2D eigenvalue weighted by Gasteiger charge is -2.08. The van der Waals surface area contributed by atoms with E-state index < -0.39 is 10.0 Å². The predicted molar refractivity (Wildman–Crippen MR) is 91.4 cm³/mol. The van der Waals surface area contributed by atoms with E-state index in [1.54, 1.807) is 41.1 Å². The van der Waals surface area contributed by atoms with Gasteiger partial charge >= 0.3 is 0 Å². The van der Waals surface area contributed by atoms with Crippen molar-refractivity contribution in [2.45, 2.75) is 18.2 Å². The Morgan fingerprint density at radius 2 is 1.71 bits per heavy atom. The van der Waals surface area contributed by atoms with Crippen LogP contribution in [0.1, 0.15) is 12.6 Å². The molecule has 3 N–H and O–H groups in total. The maximum Gasteiger partial charge on any atom is 0.238 e. The van der Waals surface area contributed by atoms with Crippen LogP contribution < -0.4 is 5.14 Å². The molecule has 0 atom stereocenters. The van der Waals surface area contributed by atoms with Crippen molar-refractivity contribution >= 4 is 10.0 Å². The monoisotopic (exact) mass is 343 g/mol. The number of hydrogen-bond acceptors (Lipinski definition) is 4. The number of sulfonamides is 1. The van der Waals surface area contributed by atoms with E-state index in [-0.39, 0.29) is 10.6 Å². The standard InChI is InChI=1S/C17H17N3O3S/c1-2-13-11-17(12-3-7-15(21)8-4-12)20(19-13)14-5-9-16(10-6-14)24(18,22)23/h3-11,21H,2H2,1H3,(H2,18,22,23). The number of nitrogens with two attached hydrogens (primary N) is 1. The second-order valence-electron chi connectivity index (χ2n) is 5.37. The Hall–Kier alpha value is -2.64. The fourth-order valence-corrected chi connectivity index (χ4v) is 2.93. The maximum absolute atomic E-state index is 11.4. The second-order valence-corrected chi connectivity index (χ2v) is 6.93. The van der Waals surface area contributed by atoms with Gasteiger partial charge in [-0.15, -0.1) is 0 Å². The molecule has 3 aromatic rings. The van der Waals surface area contributed by atoms with Crippen LogP contribution in [0.4, 0.5) is 0 Å². The van der Waals surface area contributed by atoms with Crippen molar-refractivity contribution < 1.29 is 13.5 Å². The Morgan fingerprint density at radius 1 is 1.08 bits per heavy atom. The van der Waals surface area contributed by atoms with Crippen LogP contribution in [0.3, 0.4) is 0 Å². The fourth-order valence-electron chi connectivity index (χ4n) is 2.41. The molecule has 124 valence electrons. The summed E-state index contributed by atoms with van der Waals surface area (Å²) in [7, 11) is -3.73. The van der Waals surface area contributed by atoms with E-state index in [2.05, 4.69) is 5.10 Å². The second kappa shape index (κ2) is 6.10. The van der Waals surface area contributed by atoms with Gasteiger partial charge in [0.2, 0.25) is 10.0 Å². The van der Waals surface area contributed by atoms with Crippen LogP contribution in [0.15, 0.2) is 59.5 Å². The minimum atomic E-state index is -3.73. The first-order valence-corrected chi connectivity index (χ1v) is 8.94. The number of benzene rings is 2. The number of rotatable bonds is 4. The van der Waals surface area contributed by atoms with Crippen molar-refractivity contribution in [3.63, 3.8) is 0 Å². The van der Waals surface area contributed by atoms with Crippen LogP contribution in [0.25, 0.3) is 16.9 Å². The normalized spacial score (nSPS) is 11.6. The minimum absolute atomic E-state index is 0.0558. The van der Waals surface area contributed by atoms with E-state index >= 15 is 0 Å². The van der Waals surface area contributed by atoms with Gasteiger partial charge in [0.1, 0.15) is 5.75 Å². The van der Waals surface area contributed by atoms with Crippen LogP contribution in [0.5, 0.6) is 5.75 Å². The van der Waals surface area contributed by atoms with Crippen LogP contribution in [0.2, 0.25) is 0 Å². The Balaban J connectivity index is 2.10. The molecule has 0 fully saturated rings. The van der Waals surface area contributed by atoms with E-state index in [1.807, 2.05) is 13.0 Å². The summed E-state index contributed by atoms with van der Waals surface area (Å²) < 4.78 is 24.5. The third kappa shape index (κ3) is 3.17. The highest BCUT2D eigenvalue weighted by molar-refractivity contribution is 7.89. The molecule has 0 aliphatic rings. The third-order valence-corrected chi connectivity index (χ3v) is 4.62. The molecule has 7 heteroatoms. The molecule has 0 spiro atoms. The van der Waals surface area contributed by atoms with E-state index in [9.17, 15) is 13.5 Å². The van der Waals surface area contributed by atoms with Crippen molar-refractivity contribution in [1.82, 2.24) is 9.78 Å². The van der Waals surface area contributed by atoms with Gasteiger partial charge in [-0.3, -0.25) is 0 Å². The van der Waals surface area contributed by atoms with Gasteiger partial charge in [-0.1, -0.05) is 6.92 Å². The zero-order valence-corrected chi connectivity index (χ0v) is 13.9. The van der Waals surface area contributed by atoms with Crippen molar-refractivity contribution in [2.24, 2.45) is 5.14 Å². The van der Waals surface area contributed by atoms with E-state index in [4.69, 9.17) is 5.14 Å². The Kier molecular flexibility index (Phi) is 4.13. The lowest BCUT2D eigenvalue weighted by atomic mass is 10.1. The molecule has 0 aliphatic carbocycles. The van der Waals surface area contributed by atoms with Gasteiger partial charge in [0, 0.05) is 5.56 Å². The van der Waals surface area contributed by atoms with Crippen molar-refractivity contribution in [3.05, 3.63) is 60.3 Å².